The summed E-state index contributed by atoms with van der Waals surface area (Å²) in [4.78, 5) is 60.3. The minimum Gasteiger partial charge on any atom is -0.468 e. The first-order valence-corrected chi connectivity index (χ1v) is 23.7. The number of nitrogens with one attached hydrogen (secondary N) is 1. The molecule has 12 nitrogen and oxygen atoms in total. The number of nitrogens with zero attached hydrogens (tertiary/aromatic N) is 3. The fraction of sp³-hybridized carbons (Fsp3) is 0.207. The van der Waals surface area contributed by atoms with E-state index in [9.17, 15) is 19.2 Å². The van der Waals surface area contributed by atoms with Crippen LogP contribution in [0.2, 0.25) is 0 Å². The number of amides is 1. The number of carbonyl (C=O) groups excluding carboxylic acids is 4. The summed E-state index contributed by atoms with van der Waals surface area (Å²) in [6, 6.07) is 57.0. The molecule has 2 fully saturated rings. The van der Waals surface area contributed by atoms with Gasteiger partial charge in [0.15, 0.2) is 23.3 Å². The van der Waals surface area contributed by atoms with Gasteiger partial charge in [-0.3, -0.25) is 14.4 Å². The van der Waals surface area contributed by atoms with Crippen LogP contribution in [0.4, 0.5) is 0 Å². The van der Waals surface area contributed by atoms with Crippen LogP contribution in [-0.2, 0) is 28.7 Å². The fourth-order valence-corrected chi connectivity index (χ4v) is 9.22. The van der Waals surface area contributed by atoms with Crippen LogP contribution in [0.15, 0.2) is 203 Å². The van der Waals surface area contributed by atoms with E-state index in [0.29, 0.717) is 43.5 Å². The van der Waals surface area contributed by atoms with E-state index < -0.39 is 17.9 Å². The quantitative estimate of drug-likeness (QED) is 0.0919. The van der Waals surface area contributed by atoms with Gasteiger partial charge in [0.2, 0.25) is 11.1 Å². The van der Waals surface area contributed by atoms with Crippen molar-refractivity contribution in [1.82, 2.24) is 20.2 Å². The van der Waals surface area contributed by atoms with Crippen molar-refractivity contribution < 1.29 is 37.5 Å². The molecule has 2 saturated heterocycles. The minimum absolute atomic E-state index is 0.108. The number of esters is 2. The molecule has 0 saturated carbocycles. The zero-order valence-electron chi connectivity index (χ0n) is 39.3. The molecule has 2 aliphatic heterocycles. The van der Waals surface area contributed by atoms with Crippen molar-refractivity contribution in [2.45, 2.75) is 48.6 Å². The van der Waals surface area contributed by atoms with Gasteiger partial charge < -0.3 is 28.5 Å². The molecule has 10 rings (SSSR count). The van der Waals surface area contributed by atoms with E-state index in [1.54, 1.807) is 17.3 Å². The highest BCUT2D eigenvalue weighted by Gasteiger charge is 2.45. The molecule has 71 heavy (non-hydrogen) atoms. The number of likely N-dealkylation sites (tertiary alicyclic amines) is 1. The molecule has 13 heteroatoms. The third-order valence-corrected chi connectivity index (χ3v) is 12.8. The standard InChI is InChI=1S/C29H26N2O4.C15H16N2O3.C14H11ClO/c1-34-29(33)24-17-23(27-30-18-25(35-27)20-11-5-2-6-12-20)19-31(24)28(32)26(21-13-7-3-8-14-21)22-15-9-4-10-16-22;1-19-15(18)12-7-11(8-16-12)14-17-9-13(20-14)10-5-3-2-4-6-10;15-14(16)13(11-7-3-1-4-8-11)12-9-5-2-6-10-12/h2-16,18,23-24,26H,17,19H2,1H3;2-6,9,11-12,16H,7-8H2,1H3;1-10,13H/t23-,24-;11-,12-;/m00./s1. The van der Waals surface area contributed by atoms with E-state index >= 15 is 0 Å². The number of aromatic nitrogens is 2. The lowest BCUT2D eigenvalue weighted by atomic mass is 9.90. The molecule has 0 bridgehead atoms. The van der Waals surface area contributed by atoms with E-state index in [1.165, 1.54) is 14.2 Å². The molecule has 1 amide bonds. The minimum atomic E-state index is -0.709. The Morgan fingerprint density at radius 2 is 0.944 bits per heavy atom. The Morgan fingerprint density at radius 3 is 1.35 bits per heavy atom. The lowest BCUT2D eigenvalue weighted by Crippen LogP contribution is -2.43. The molecule has 0 aliphatic carbocycles. The van der Waals surface area contributed by atoms with Crippen molar-refractivity contribution >= 4 is 34.7 Å². The van der Waals surface area contributed by atoms with E-state index in [1.807, 2.05) is 182 Å². The van der Waals surface area contributed by atoms with Crippen molar-refractivity contribution in [3.05, 3.63) is 228 Å². The van der Waals surface area contributed by atoms with Crippen LogP contribution in [0, 0.1) is 0 Å². The van der Waals surface area contributed by atoms with E-state index in [2.05, 4.69) is 15.3 Å². The first-order valence-electron chi connectivity index (χ1n) is 23.3. The van der Waals surface area contributed by atoms with Gasteiger partial charge >= 0.3 is 11.9 Å². The number of carbonyl (C=O) groups is 4. The summed E-state index contributed by atoms with van der Waals surface area (Å²) in [6.07, 6.45) is 4.47. The van der Waals surface area contributed by atoms with Gasteiger partial charge in [0.1, 0.15) is 12.1 Å². The summed E-state index contributed by atoms with van der Waals surface area (Å²) in [5, 5.41) is 2.78. The summed E-state index contributed by atoms with van der Waals surface area (Å²) < 4.78 is 21.7. The van der Waals surface area contributed by atoms with Crippen molar-refractivity contribution in [2.24, 2.45) is 0 Å². The largest absolute Gasteiger partial charge is 0.468 e. The molecular weight excluding hydrogens is 916 g/mol. The highest BCUT2D eigenvalue weighted by molar-refractivity contribution is 6.65. The number of ether oxygens (including phenoxy) is 2. The van der Waals surface area contributed by atoms with E-state index in [-0.39, 0.29) is 40.9 Å². The van der Waals surface area contributed by atoms with Crippen LogP contribution in [-0.4, -0.2) is 77.3 Å². The third kappa shape index (κ3) is 12.3. The zero-order valence-corrected chi connectivity index (χ0v) is 40.0. The summed E-state index contributed by atoms with van der Waals surface area (Å²) >= 11 is 5.67. The van der Waals surface area contributed by atoms with Crippen LogP contribution < -0.4 is 5.32 Å². The lowest BCUT2D eigenvalue weighted by Gasteiger charge is -2.28. The van der Waals surface area contributed by atoms with E-state index in [4.69, 9.17) is 29.9 Å². The zero-order chi connectivity index (χ0) is 49.5. The smallest absolute Gasteiger partial charge is 0.328 e. The number of benzene rings is 6. The van der Waals surface area contributed by atoms with Crippen molar-refractivity contribution in [3.8, 4) is 22.6 Å². The normalized spacial score (nSPS) is 17.1. The average molecular weight is 970 g/mol. The SMILES string of the molecule is COC(=O)[C@@H]1C[C@H](c2ncc(-c3ccccc3)o2)CN1.COC(=O)[C@@H]1C[C@H](c2ncc(-c3ccccc3)o2)CN1C(=O)C(c1ccccc1)c1ccccc1.O=C(Cl)C(c1ccccc1)c1ccccc1. The highest BCUT2D eigenvalue weighted by Crippen LogP contribution is 2.38. The fourth-order valence-electron chi connectivity index (χ4n) is 8.97. The Labute approximate surface area is 417 Å². The molecule has 0 unspecified atom stereocenters. The average Bonchev–Trinajstić information content (AvgIpc) is 4.28. The van der Waals surface area contributed by atoms with Gasteiger partial charge in [-0.2, -0.15) is 0 Å². The number of rotatable bonds is 12. The molecule has 1 N–H and O–H groups in total. The summed E-state index contributed by atoms with van der Waals surface area (Å²) in [5.41, 5.74) is 5.52. The summed E-state index contributed by atoms with van der Waals surface area (Å²) in [5.74, 6) is 0.773. The predicted molar refractivity (Wildman–Crippen MR) is 270 cm³/mol. The molecule has 0 spiro atoms. The molecule has 2 aliphatic rings. The molecule has 6 aromatic carbocycles. The van der Waals surface area contributed by atoms with Gasteiger partial charge in [0, 0.05) is 24.2 Å². The first-order chi connectivity index (χ1) is 34.7. The summed E-state index contributed by atoms with van der Waals surface area (Å²) in [7, 11) is 2.75. The van der Waals surface area contributed by atoms with Crippen LogP contribution in [0.1, 0.15) is 70.5 Å². The molecule has 360 valence electrons. The van der Waals surface area contributed by atoms with Crippen molar-refractivity contribution in [1.29, 1.82) is 0 Å². The number of hydrogen-bond acceptors (Lipinski definition) is 11. The Bertz CT molecular complexity index is 2880. The maximum atomic E-state index is 14.0. The van der Waals surface area contributed by atoms with Crippen LogP contribution >= 0.6 is 11.6 Å². The van der Waals surface area contributed by atoms with Gasteiger partial charge in [0.25, 0.3) is 0 Å². The molecule has 0 radical (unpaired) electrons. The second-order valence-corrected chi connectivity index (χ2v) is 17.4. The maximum absolute atomic E-state index is 14.0. The number of oxazole rings is 2. The third-order valence-electron chi connectivity index (χ3n) is 12.5. The second kappa shape index (κ2) is 24.1. The van der Waals surface area contributed by atoms with Crippen molar-refractivity contribution in [3.63, 3.8) is 0 Å². The number of hydrogen-bond donors (Lipinski definition) is 1. The molecule has 4 heterocycles. The van der Waals surface area contributed by atoms with Gasteiger partial charge in [-0.1, -0.05) is 182 Å². The van der Waals surface area contributed by atoms with Crippen molar-refractivity contribution in [2.75, 3.05) is 27.3 Å². The number of methoxy groups -OCH3 is 2. The monoisotopic (exact) mass is 968 g/mol. The Hall–Kier alpha value is -7.93. The van der Waals surface area contributed by atoms with Gasteiger partial charge in [-0.05, 0) is 46.7 Å². The molecular formula is C58H53ClN4O8. The number of halogens is 1. The Balaban J connectivity index is 0.000000158. The maximum Gasteiger partial charge on any atom is 0.328 e. The van der Waals surface area contributed by atoms with Gasteiger partial charge in [-0.25, -0.2) is 14.8 Å². The van der Waals surface area contributed by atoms with Gasteiger partial charge in [0.05, 0.1) is 50.3 Å². The van der Waals surface area contributed by atoms with Crippen LogP contribution in [0.25, 0.3) is 22.6 Å². The highest BCUT2D eigenvalue weighted by atomic mass is 35.5. The first kappa shape index (κ1) is 49.5. The molecule has 4 atom stereocenters. The van der Waals surface area contributed by atoms with Crippen LogP contribution in [0.5, 0.6) is 0 Å². The molecule has 2 aromatic heterocycles. The van der Waals surface area contributed by atoms with E-state index in [0.717, 1.165) is 39.1 Å². The lowest BCUT2D eigenvalue weighted by molar-refractivity contribution is -0.151. The van der Waals surface area contributed by atoms with Gasteiger partial charge in [-0.15, -0.1) is 0 Å². The molecule has 8 aromatic rings. The second-order valence-electron chi connectivity index (χ2n) is 17.0. The summed E-state index contributed by atoms with van der Waals surface area (Å²) in [6.45, 7) is 0.998. The predicted octanol–water partition coefficient (Wildman–Crippen LogP) is 10.6. The Kier molecular flexibility index (Phi) is 16.8. The topological polar surface area (TPSA) is 154 Å². The Morgan fingerprint density at radius 1 is 0.549 bits per heavy atom. The van der Waals surface area contributed by atoms with Crippen LogP contribution in [0.3, 0.4) is 0 Å².